The second-order valence-corrected chi connectivity index (χ2v) is 2.63. The average Bonchev–Trinajstić information content (AvgIpc) is 2.47. The van der Waals surface area contributed by atoms with Gasteiger partial charge in [0.1, 0.15) is 12.1 Å². The van der Waals surface area contributed by atoms with E-state index >= 15 is 0 Å². The van der Waals surface area contributed by atoms with Crippen LogP contribution in [0.5, 0.6) is 0 Å². The van der Waals surface area contributed by atoms with Crippen LogP contribution < -0.4 is 16.7 Å². The number of hydrogen-bond donors (Lipinski definition) is 3. The third-order valence-electron chi connectivity index (χ3n) is 1.87. The zero-order chi connectivity index (χ0) is 8.55. The van der Waals surface area contributed by atoms with Gasteiger partial charge in [0.2, 0.25) is 5.91 Å². The first-order valence-electron chi connectivity index (χ1n) is 3.58. The van der Waals surface area contributed by atoms with Gasteiger partial charge < -0.3 is 5.73 Å². The Labute approximate surface area is 69.1 Å². The van der Waals surface area contributed by atoms with E-state index in [2.05, 4.69) is 16.0 Å². The molecule has 1 fully saturated rings. The number of nitrogens with one attached hydrogen (secondary N) is 2. The Balaban J connectivity index is 2.18. The summed E-state index contributed by atoms with van der Waals surface area (Å²) < 4.78 is 0. The number of rotatable bonds is 1. The van der Waals surface area contributed by atoms with Crippen molar-refractivity contribution in [2.45, 2.75) is 12.1 Å². The topological polar surface area (TPSA) is 82.8 Å². The molecule has 6 nitrogen and oxygen atoms in total. The van der Waals surface area contributed by atoms with Gasteiger partial charge in [-0.25, -0.2) is 5.43 Å². The summed E-state index contributed by atoms with van der Waals surface area (Å²) in [7, 11) is 0. The van der Waals surface area contributed by atoms with Crippen LogP contribution in [0.25, 0.3) is 0 Å². The average molecular weight is 167 g/mol. The summed E-state index contributed by atoms with van der Waals surface area (Å²) in [5.41, 5.74) is 10.7. The van der Waals surface area contributed by atoms with E-state index in [1.54, 1.807) is 23.6 Å². The van der Waals surface area contributed by atoms with Gasteiger partial charge in [-0.2, -0.15) is 5.53 Å². The van der Waals surface area contributed by atoms with E-state index in [9.17, 15) is 4.79 Å². The SMILES string of the molecule is NC(=O)C1NNN2C=CN=CC12. The number of carbonyl (C=O) groups excluding carboxylic acids is 1. The zero-order valence-electron chi connectivity index (χ0n) is 6.27. The van der Waals surface area contributed by atoms with Gasteiger partial charge in [0, 0.05) is 18.6 Å². The highest BCUT2D eigenvalue weighted by Crippen LogP contribution is 2.09. The van der Waals surface area contributed by atoms with Crippen LogP contribution in [-0.2, 0) is 4.79 Å². The predicted octanol–water partition coefficient (Wildman–Crippen LogP) is -1.91. The molecular formula is C6H9N5O. The zero-order valence-corrected chi connectivity index (χ0v) is 6.27. The molecule has 0 spiro atoms. The molecule has 0 aliphatic carbocycles. The summed E-state index contributed by atoms with van der Waals surface area (Å²) in [5.74, 6) is -0.392. The van der Waals surface area contributed by atoms with Gasteiger partial charge in [-0.3, -0.25) is 14.8 Å². The second-order valence-electron chi connectivity index (χ2n) is 2.63. The number of hydrazine groups is 2. The maximum absolute atomic E-state index is 10.9. The molecule has 0 radical (unpaired) electrons. The number of aliphatic imine (C=N–C) groups is 1. The van der Waals surface area contributed by atoms with Crippen molar-refractivity contribution < 1.29 is 4.79 Å². The fraction of sp³-hybridized carbons (Fsp3) is 0.333. The molecule has 0 aromatic rings. The molecular weight excluding hydrogens is 158 g/mol. The number of nitrogens with two attached hydrogens (primary N) is 1. The van der Waals surface area contributed by atoms with Crippen LogP contribution in [0.3, 0.4) is 0 Å². The van der Waals surface area contributed by atoms with Crippen molar-refractivity contribution in [1.82, 2.24) is 16.0 Å². The Bertz CT molecular complexity index is 261. The monoisotopic (exact) mass is 167 g/mol. The van der Waals surface area contributed by atoms with Gasteiger partial charge >= 0.3 is 0 Å². The molecule has 2 aliphatic heterocycles. The molecule has 0 aromatic heterocycles. The number of amides is 1. The van der Waals surface area contributed by atoms with Crippen LogP contribution in [0.15, 0.2) is 17.4 Å². The summed E-state index contributed by atoms with van der Waals surface area (Å²) in [6.07, 6.45) is 5.04. The fourth-order valence-electron chi connectivity index (χ4n) is 1.25. The van der Waals surface area contributed by atoms with Gasteiger partial charge in [-0.05, 0) is 0 Å². The van der Waals surface area contributed by atoms with E-state index in [0.717, 1.165) is 0 Å². The highest BCUT2D eigenvalue weighted by Gasteiger charge is 2.35. The van der Waals surface area contributed by atoms with Crippen molar-refractivity contribution >= 4 is 12.1 Å². The largest absolute Gasteiger partial charge is 0.368 e. The van der Waals surface area contributed by atoms with E-state index < -0.39 is 11.9 Å². The van der Waals surface area contributed by atoms with Crippen molar-refractivity contribution in [1.29, 1.82) is 0 Å². The van der Waals surface area contributed by atoms with E-state index in [1.807, 2.05) is 0 Å². The van der Waals surface area contributed by atoms with Crippen LogP contribution in [0.1, 0.15) is 0 Å². The summed E-state index contributed by atoms with van der Waals surface area (Å²) in [6.45, 7) is 0. The number of hydrogen-bond acceptors (Lipinski definition) is 5. The predicted molar refractivity (Wildman–Crippen MR) is 42.5 cm³/mol. The first kappa shape index (κ1) is 7.26. The third kappa shape index (κ3) is 0.973. The minimum atomic E-state index is -0.418. The van der Waals surface area contributed by atoms with Crippen LogP contribution in [-0.4, -0.2) is 29.2 Å². The Kier molecular flexibility index (Phi) is 1.56. The summed E-state index contributed by atoms with van der Waals surface area (Å²) in [5, 5.41) is 1.74. The number of primary amides is 1. The molecule has 2 atom stereocenters. The van der Waals surface area contributed by atoms with Gasteiger partial charge in [0.25, 0.3) is 0 Å². The van der Waals surface area contributed by atoms with E-state index in [4.69, 9.17) is 5.73 Å². The lowest BCUT2D eigenvalue weighted by atomic mass is 10.1. The lowest BCUT2D eigenvalue weighted by Crippen LogP contribution is -2.46. The number of fused-ring (bicyclic) bond motifs is 1. The highest BCUT2D eigenvalue weighted by molar-refractivity contribution is 5.86. The standard InChI is InChI=1S/C6H9N5O/c7-6(12)5-4-3-8-1-2-11(4)10-9-5/h1-5,9-10H,(H2,7,12). The molecule has 12 heavy (non-hydrogen) atoms. The molecule has 2 rings (SSSR count). The Morgan fingerprint density at radius 1 is 1.67 bits per heavy atom. The van der Waals surface area contributed by atoms with Crippen LogP contribution in [0.4, 0.5) is 0 Å². The van der Waals surface area contributed by atoms with Crippen molar-refractivity contribution in [3.05, 3.63) is 12.4 Å². The molecule has 2 heterocycles. The van der Waals surface area contributed by atoms with Crippen molar-refractivity contribution in [2.75, 3.05) is 0 Å². The van der Waals surface area contributed by atoms with E-state index in [0.29, 0.717) is 0 Å². The molecule has 4 N–H and O–H groups in total. The smallest absolute Gasteiger partial charge is 0.238 e. The van der Waals surface area contributed by atoms with Crippen molar-refractivity contribution in [3.63, 3.8) is 0 Å². The first-order chi connectivity index (χ1) is 5.79. The molecule has 2 unspecified atom stereocenters. The number of carbonyl (C=O) groups is 1. The second kappa shape index (κ2) is 2.58. The minimum absolute atomic E-state index is 0.118. The highest BCUT2D eigenvalue weighted by atomic mass is 16.1. The normalized spacial score (nSPS) is 32.2. The molecule has 1 amide bonds. The van der Waals surface area contributed by atoms with Gasteiger partial charge in [-0.15, -0.1) is 0 Å². The Morgan fingerprint density at radius 3 is 3.25 bits per heavy atom. The van der Waals surface area contributed by atoms with Crippen molar-refractivity contribution in [3.8, 4) is 0 Å². The maximum atomic E-state index is 10.9. The van der Waals surface area contributed by atoms with Crippen molar-refractivity contribution in [2.24, 2.45) is 10.7 Å². The molecule has 2 aliphatic rings. The fourth-order valence-corrected chi connectivity index (χ4v) is 1.25. The molecule has 6 heteroatoms. The van der Waals surface area contributed by atoms with Crippen LogP contribution in [0.2, 0.25) is 0 Å². The van der Waals surface area contributed by atoms with E-state index in [1.165, 1.54) is 0 Å². The maximum Gasteiger partial charge on any atom is 0.238 e. The van der Waals surface area contributed by atoms with Crippen LogP contribution >= 0.6 is 0 Å². The summed E-state index contributed by atoms with van der Waals surface area (Å²) in [6, 6.07) is -0.536. The minimum Gasteiger partial charge on any atom is -0.368 e. The Morgan fingerprint density at radius 2 is 2.50 bits per heavy atom. The molecule has 0 saturated carbocycles. The first-order valence-corrected chi connectivity index (χ1v) is 3.58. The lowest BCUT2D eigenvalue weighted by Gasteiger charge is -2.20. The summed E-state index contributed by atoms with van der Waals surface area (Å²) in [4.78, 5) is 14.8. The number of nitrogens with zero attached hydrogens (tertiary/aromatic N) is 2. The van der Waals surface area contributed by atoms with Crippen LogP contribution in [0, 0.1) is 0 Å². The van der Waals surface area contributed by atoms with E-state index in [-0.39, 0.29) is 6.04 Å². The third-order valence-corrected chi connectivity index (χ3v) is 1.87. The molecule has 64 valence electrons. The molecule has 0 bridgehead atoms. The molecule has 1 saturated heterocycles. The van der Waals surface area contributed by atoms with Gasteiger partial charge in [0.05, 0.1) is 0 Å². The van der Waals surface area contributed by atoms with Gasteiger partial charge in [-0.1, -0.05) is 0 Å². The van der Waals surface area contributed by atoms with Gasteiger partial charge in [0.15, 0.2) is 0 Å². The molecule has 0 aromatic carbocycles. The quantitative estimate of drug-likeness (QED) is 0.425. The lowest BCUT2D eigenvalue weighted by molar-refractivity contribution is -0.119. The summed E-state index contributed by atoms with van der Waals surface area (Å²) >= 11 is 0. The Hall–Kier alpha value is -1.40.